The summed E-state index contributed by atoms with van der Waals surface area (Å²) in [5.41, 5.74) is 3.00. The first-order valence-corrected chi connectivity index (χ1v) is 5.64. The molecule has 3 heteroatoms. The Balaban J connectivity index is 2.52. The maximum absolute atomic E-state index is 11.8. The molecular weight excluding hydrogens is 200 g/mol. The second kappa shape index (κ2) is 6.28. The third-order valence-corrected chi connectivity index (χ3v) is 2.37. The van der Waals surface area contributed by atoms with Crippen LogP contribution >= 0.6 is 0 Å². The van der Waals surface area contributed by atoms with Gasteiger partial charge in [0, 0.05) is 12.1 Å². The van der Waals surface area contributed by atoms with Crippen LogP contribution in [-0.2, 0) is 0 Å². The first-order valence-electron chi connectivity index (χ1n) is 5.64. The number of benzene rings is 1. The molecule has 88 valence electrons. The van der Waals surface area contributed by atoms with Crippen molar-refractivity contribution in [3.8, 4) is 0 Å². The SMILES string of the molecule is CNCCCNC(=O)c1cc(C)cc(C)c1. The number of rotatable bonds is 5. The van der Waals surface area contributed by atoms with Crippen LogP contribution in [0.25, 0.3) is 0 Å². The monoisotopic (exact) mass is 220 g/mol. The van der Waals surface area contributed by atoms with E-state index in [-0.39, 0.29) is 5.91 Å². The number of aryl methyl sites for hydroxylation is 2. The van der Waals surface area contributed by atoms with E-state index in [9.17, 15) is 4.79 Å². The van der Waals surface area contributed by atoms with Crippen LogP contribution < -0.4 is 10.6 Å². The number of hydrogen-bond acceptors (Lipinski definition) is 2. The van der Waals surface area contributed by atoms with Gasteiger partial charge in [-0.15, -0.1) is 0 Å². The van der Waals surface area contributed by atoms with Crippen molar-refractivity contribution in [1.82, 2.24) is 10.6 Å². The van der Waals surface area contributed by atoms with Crippen molar-refractivity contribution in [3.05, 3.63) is 34.9 Å². The van der Waals surface area contributed by atoms with Gasteiger partial charge in [-0.2, -0.15) is 0 Å². The Morgan fingerprint density at radius 3 is 2.31 bits per heavy atom. The van der Waals surface area contributed by atoms with Crippen LogP contribution in [-0.4, -0.2) is 26.0 Å². The van der Waals surface area contributed by atoms with E-state index in [1.807, 2.05) is 33.0 Å². The minimum atomic E-state index is 0.0166. The summed E-state index contributed by atoms with van der Waals surface area (Å²) in [5, 5.41) is 5.96. The summed E-state index contributed by atoms with van der Waals surface area (Å²) < 4.78 is 0. The Morgan fingerprint density at radius 2 is 1.75 bits per heavy atom. The quantitative estimate of drug-likeness (QED) is 0.741. The lowest BCUT2D eigenvalue weighted by molar-refractivity contribution is 0.0953. The number of carbonyl (C=O) groups excluding carboxylic acids is 1. The van der Waals surface area contributed by atoms with Gasteiger partial charge in [0.2, 0.25) is 0 Å². The molecule has 1 amide bonds. The fourth-order valence-electron chi connectivity index (χ4n) is 1.67. The lowest BCUT2D eigenvalue weighted by Crippen LogP contribution is -2.26. The molecule has 0 atom stereocenters. The fraction of sp³-hybridized carbons (Fsp3) is 0.462. The van der Waals surface area contributed by atoms with Crippen LogP contribution in [0.3, 0.4) is 0 Å². The van der Waals surface area contributed by atoms with Crippen molar-refractivity contribution >= 4 is 5.91 Å². The predicted molar refractivity (Wildman–Crippen MR) is 66.8 cm³/mol. The average molecular weight is 220 g/mol. The van der Waals surface area contributed by atoms with Crippen molar-refractivity contribution in [1.29, 1.82) is 0 Å². The molecule has 3 nitrogen and oxygen atoms in total. The molecule has 0 fully saturated rings. The molecular formula is C13H20N2O. The molecule has 1 aromatic rings. The highest BCUT2D eigenvalue weighted by Gasteiger charge is 2.05. The van der Waals surface area contributed by atoms with Crippen molar-refractivity contribution < 1.29 is 4.79 Å². The smallest absolute Gasteiger partial charge is 0.251 e. The topological polar surface area (TPSA) is 41.1 Å². The summed E-state index contributed by atoms with van der Waals surface area (Å²) in [5.74, 6) is 0.0166. The lowest BCUT2D eigenvalue weighted by Gasteiger charge is -2.06. The van der Waals surface area contributed by atoms with Gasteiger partial charge in [-0.25, -0.2) is 0 Å². The van der Waals surface area contributed by atoms with Crippen LogP contribution in [0.1, 0.15) is 27.9 Å². The molecule has 0 radical (unpaired) electrons. The molecule has 0 saturated heterocycles. The number of hydrogen-bond donors (Lipinski definition) is 2. The second-order valence-electron chi connectivity index (χ2n) is 4.09. The summed E-state index contributed by atoms with van der Waals surface area (Å²) in [4.78, 5) is 11.8. The molecule has 1 rings (SSSR count). The highest BCUT2D eigenvalue weighted by atomic mass is 16.1. The molecule has 0 heterocycles. The molecule has 0 aliphatic carbocycles. The van der Waals surface area contributed by atoms with E-state index in [0.29, 0.717) is 6.54 Å². The fourth-order valence-corrected chi connectivity index (χ4v) is 1.67. The van der Waals surface area contributed by atoms with Gasteiger partial charge in [0.15, 0.2) is 0 Å². The molecule has 0 aromatic heterocycles. The minimum Gasteiger partial charge on any atom is -0.352 e. The zero-order valence-corrected chi connectivity index (χ0v) is 10.3. The molecule has 0 spiro atoms. The molecule has 2 N–H and O–H groups in total. The van der Waals surface area contributed by atoms with Gasteiger partial charge in [0.1, 0.15) is 0 Å². The Kier molecular flexibility index (Phi) is 4.99. The molecule has 0 saturated carbocycles. The van der Waals surface area contributed by atoms with Crippen molar-refractivity contribution in [2.45, 2.75) is 20.3 Å². The zero-order chi connectivity index (χ0) is 12.0. The van der Waals surface area contributed by atoms with Gasteiger partial charge in [0.25, 0.3) is 5.91 Å². The van der Waals surface area contributed by atoms with Gasteiger partial charge in [-0.05, 0) is 46.0 Å². The summed E-state index contributed by atoms with van der Waals surface area (Å²) in [6, 6.07) is 5.90. The van der Waals surface area contributed by atoms with E-state index in [1.165, 1.54) is 0 Å². The average Bonchev–Trinajstić information content (AvgIpc) is 2.22. The van der Waals surface area contributed by atoms with Crippen molar-refractivity contribution in [2.75, 3.05) is 20.1 Å². The summed E-state index contributed by atoms with van der Waals surface area (Å²) in [7, 11) is 1.91. The third kappa shape index (κ3) is 4.03. The summed E-state index contributed by atoms with van der Waals surface area (Å²) >= 11 is 0. The predicted octanol–water partition coefficient (Wildman–Crippen LogP) is 1.64. The Hall–Kier alpha value is -1.35. The van der Waals surface area contributed by atoms with Crippen LogP contribution in [0, 0.1) is 13.8 Å². The standard InChI is InChI=1S/C13H20N2O/c1-10-7-11(2)9-12(8-10)13(16)15-6-4-5-14-3/h7-9,14H,4-6H2,1-3H3,(H,15,16). The van der Waals surface area contributed by atoms with Crippen LogP contribution in [0.4, 0.5) is 0 Å². The normalized spacial score (nSPS) is 10.2. The molecule has 16 heavy (non-hydrogen) atoms. The third-order valence-electron chi connectivity index (χ3n) is 2.37. The van der Waals surface area contributed by atoms with Crippen molar-refractivity contribution in [2.24, 2.45) is 0 Å². The highest BCUT2D eigenvalue weighted by Crippen LogP contribution is 2.08. The van der Waals surface area contributed by atoms with Gasteiger partial charge in [-0.3, -0.25) is 4.79 Å². The largest absolute Gasteiger partial charge is 0.352 e. The zero-order valence-electron chi connectivity index (χ0n) is 10.3. The van der Waals surface area contributed by atoms with Gasteiger partial charge in [0.05, 0.1) is 0 Å². The summed E-state index contributed by atoms with van der Waals surface area (Å²) in [6.45, 7) is 5.65. The number of amides is 1. The number of nitrogens with one attached hydrogen (secondary N) is 2. The molecule has 1 aromatic carbocycles. The van der Waals surface area contributed by atoms with Gasteiger partial charge >= 0.3 is 0 Å². The highest BCUT2D eigenvalue weighted by molar-refractivity contribution is 5.94. The van der Waals surface area contributed by atoms with Crippen molar-refractivity contribution in [3.63, 3.8) is 0 Å². The molecule has 0 aliphatic rings. The summed E-state index contributed by atoms with van der Waals surface area (Å²) in [6.07, 6.45) is 0.951. The molecule has 0 aliphatic heterocycles. The Morgan fingerprint density at radius 1 is 1.12 bits per heavy atom. The number of carbonyl (C=O) groups is 1. The van der Waals surface area contributed by atoms with Crippen LogP contribution in [0.2, 0.25) is 0 Å². The maximum Gasteiger partial charge on any atom is 0.251 e. The van der Waals surface area contributed by atoms with E-state index in [0.717, 1.165) is 29.7 Å². The molecule has 0 bridgehead atoms. The van der Waals surface area contributed by atoms with Gasteiger partial charge in [-0.1, -0.05) is 17.2 Å². The Labute approximate surface area is 97.2 Å². The van der Waals surface area contributed by atoms with Crippen LogP contribution in [0.5, 0.6) is 0 Å². The first-order chi connectivity index (χ1) is 7.63. The molecule has 0 unspecified atom stereocenters. The Bertz CT molecular complexity index is 341. The van der Waals surface area contributed by atoms with Gasteiger partial charge < -0.3 is 10.6 Å². The maximum atomic E-state index is 11.8. The van der Waals surface area contributed by atoms with E-state index >= 15 is 0 Å². The van der Waals surface area contributed by atoms with E-state index in [1.54, 1.807) is 0 Å². The lowest BCUT2D eigenvalue weighted by atomic mass is 10.1. The van der Waals surface area contributed by atoms with Crippen LogP contribution in [0.15, 0.2) is 18.2 Å². The first kappa shape index (κ1) is 12.7. The minimum absolute atomic E-state index is 0.0166. The van der Waals surface area contributed by atoms with E-state index < -0.39 is 0 Å². The van der Waals surface area contributed by atoms with E-state index in [2.05, 4.69) is 16.7 Å². The second-order valence-corrected chi connectivity index (χ2v) is 4.09. The van der Waals surface area contributed by atoms with E-state index in [4.69, 9.17) is 0 Å².